The van der Waals surface area contributed by atoms with Crippen molar-refractivity contribution in [3.63, 3.8) is 0 Å². The highest BCUT2D eigenvalue weighted by Crippen LogP contribution is 2.12. The molecule has 0 aromatic carbocycles. The van der Waals surface area contributed by atoms with E-state index < -0.39 is 0 Å². The number of guanidine groups is 1. The van der Waals surface area contributed by atoms with Gasteiger partial charge in [0.1, 0.15) is 0 Å². The van der Waals surface area contributed by atoms with Crippen LogP contribution in [0.15, 0.2) is 29.4 Å². The molecule has 0 bridgehead atoms. The highest BCUT2D eigenvalue weighted by atomic mass is 127. The molecule has 3 rings (SSSR count). The molecule has 0 unspecified atom stereocenters. The second kappa shape index (κ2) is 9.33. The molecule has 0 radical (unpaired) electrons. The molecule has 0 saturated carbocycles. The van der Waals surface area contributed by atoms with Gasteiger partial charge in [0, 0.05) is 38.4 Å². The SMILES string of the molecule is CN=C(NCc1nnc2ccccn12)NC1CCN(C(C)C)CC1.I. The number of aromatic nitrogens is 3. The number of aliphatic imine (C=N–C) groups is 1. The monoisotopic (exact) mass is 457 g/mol. The maximum Gasteiger partial charge on any atom is 0.191 e. The first kappa shape index (κ1) is 19.9. The number of hydrogen-bond acceptors (Lipinski definition) is 4. The minimum absolute atomic E-state index is 0. The van der Waals surface area contributed by atoms with Crippen LogP contribution in [0.3, 0.4) is 0 Å². The van der Waals surface area contributed by atoms with Crippen LogP contribution in [-0.2, 0) is 6.54 Å². The molecule has 1 aliphatic rings. The Balaban J connectivity index is 0.00000225. The van der Waals surface area contributed by atoms with Crippen molar-refractivity contribution in [3.8, 4) is 0 Å². The van der Waals surface area contributed by atoms with E-state index in [1.807, 2.05) is 28.8 Å². The van der Waals surface area contributed by atoms with Crippen LogP contribution >= 0.6 is 24.0 Å². The maximum absolute atomic E-state index is 4.34. The van der Waals surface area contributed by atoms with Gasteiger partial charge in [-0.3, -0.25) is 9.39 Å². The van der Waals surface area contributed by atoms with Gasteiger partial charge in [-0.15, -0.1) is 34.2 Å². The molecule has 0 amide bonds. The standard InChI is InChI=1S/C17H27N7.HI/c1-13(2)23-10-7-14(8-11-23)20-17(18-3)19-12-16-22-21-15-6-4-5-9-24(15)16;/h4-6,9,13-14H,7-8,10-12H2,1-3H3,(H2,18,19,20);1H. The van der Waals surface area contributed by atoms with Crippen LogP contribution in [0.25, 0.3) is 5.65 Å². The maximum atomic E-state index is 4.34. The van der Waals surface area contributed by atoms with Crippen molar-refractivity contribution in [1.82, 2.24) is 30.1 Å². The first-order valence-corrected chi connectivity index (χ1v) is 8.67. The normalized spacial score (nSPS) is 16.9. The number of nitrogens with one attached hydrogen (secondary N) is 2. The van der Waals surface area contributed by atoms with E-state index >= 15 is 0 Å². The molecule has 2 N–H and O–H groups in total. The number of rotatable bonds is 4. The van der Waals surface area contributed by atoms with Gasteiger partial charge in [-0.05, 0) is 38.8 Å². The highest BCUT2D eigenvalue weighted by Gasteiger charge is 2.21. The Morgan fingerprint density at radius 1 is 1.28 bits per heavy atom. The first-order valence-electron chi connectivity index (χ1n) is 8.67. The van der Waals surface area contributed by atoms with Gasteiger partial charge in [-0.1, -0.05) is 6.07 Å². The Hall–Kier alpha value is -1.42. The van der Waals surface area contributed by atoms with Crippen molar-refractivity contribution in [1.29, 1.82) is 0 Å². The second-order valence-electron chi connectivity index (χ2n) is 6.52. The minimum Gasteiger partial charge on any atom is -0.354 e. The third-order valence-corrected chi connectivity index (χ3v) is 4.62. The molecule has 0 atom stereocenters. The zero-order valence-electron chi connectivity index (χ0n) is 15.1. The lowest BCUT2D eigenvalue weighted by Gasteiger charge is -2.35. The van der Waals surface area contributed by atoms with Crippen molar-refractivity contribution in [2.45, 2.75) is 45.3 Å². The summed E-state index contributed by atoms with van der Waals surface area (Å²) in [4.78, 5) is 6.86. The molecule has 2 aromatic rings. The van der Waals surface area contributed by atoms with Gasteiger partial charge in [0.15, 0.2) is 17.4 Å². The van der Waals surface area contributed by atoms with Crippen LogP contribution in [-0.4, -0.2) is 57.7 Å². The fourth-order valence-electron chi connectivity index (χ4n) is 3.12. The molecule has 8 heteroatoms. The van der Waals surface area contributed by atoms with Gasteiger partial charge >= 0.3 is 0 Å². The van der Waals surface area contributed by atoms with E-state index in [9.17, 15) is 0 Å². The van der Waals surface area contributed by atoms with Crippen LogP contribution in [0.4, 0.5) is 0 Å². The van der Waals surface area contributed by atoms with Crippen molar-refractivity contribution in [2.75, 3.05) is 20.1 Å². The van der Waals surface area contributed by atoms with Gasteiger partial charge < -0.3 is 15.5 Å². The van der Waals surface area contributed by atoms with E-state index in [4.69, 9.17) is 0 Å². The number of nitrogens with zero attached hydrogens (tertiary/aromatic N) is 5. The van der Waals surface area contributed by atoms with Gasteiger partial charge in [0.25, 0.3) is 0 Å². The van der Waals surface area contributed by atoms with Gasteiger partial charge in [0.05, 0.1) is 6.54 Å². The fraction of sp³-hybridized carbons (Fsp3) is 0.588. The van der Waals surface area contributed by atoms with Gasteiger partial charge in [-0.25, -0.2) is 0 Å². The third kappa shape index (κ3) is 5.04. The van der Waals surface area contributed by atoms with E-state index in [2.05, 4.69) is 44.6 Å². The number of hydrogen-bond donors (Lipinski definition) is 2. The topological polar surface area (TPSA) is 69.8 Å². The predicted molar refractivity (Wildman–Crippen MR) is 111 cm³/mol. The summed E-state index contributed by atoms with van der Waals surface area (Å²) in [6.07, 6.45) is 4.27. The largest absolute Gasteiger partial charge is 0.354 e. The average molecular weight is 457 g/mol. The summed E-state index contributed by atoms with van der Waals surface area (Å²) in [5.41, 5.74) is 0.860. The molecular formula is C17H28IN7. The molecular weight excluding hydrogens is 429 g/mol. The van der Waals surface area contributed by atoms with Crippen molar-refractivity contribution < 1.29 is 0 Å². The Morgan fingerprint density at radius 2 is 2.04 bits per heavy atom. The van der Waals surface area contributed by atoms with E-state index in [1.54, 1.807) is 7.05 Å². The fourth-order valence-corrected chi connectivity index (χ4v) is 3.12. The molecule has 25 heavy (non-hydrogen) atoms. The van der Waals surface area contributed by atoms with E-state index in [0.29, 0.717) is 18.6 Å². The minimum atomic E-state index is 0. The summed E-state index contributed by atoms with van der Waals surface area (Å²) in [5, 5.41) is 15.3. The third-order valence-electron chi connectivity index (χ3n) is 4.62. The lowest BCUT2D eigenvalue weighted by molar-refractivity contribution is 0.167. The Labute approximate surface area is 166 Å². The number of piperidine rings is 1. The molecule has 1 fully saturated rings. The summed E-state index contributed by atoms with van der Waals surface area (Å²) in [7, 11) is 1.81. The Kier molecular flexibility index (Phi) is 7.42. The quantitative estimate of drug-likeness (QED) is 0.417. The number of fused-ring (bicyclic) bond motifs is 1. The predicted octanol–water partition coefficient (Wildman–Crippen LogP) is 1.89. The van der Waals surface area contributed by atoms with E-state index in [0.717, 1.165) is 43.4 Å². The second-order valence-corrected chi connectivity index (χ2v) is 6.52. The molecule has 7 nitrogen and oxygen atoms in total. The van der Waals surface area contributed by atoms with Gasteiger partial charge in [-0.2, -0.15) is 0 Å². The van der Waals surface area contributed by atoms with Crippen LogP contribution in [0.1, 0.15) is 32.5 Å². The van der Waals surface area contributed by atoms with Crippen LogP contribution < -0.4 is 10.6 Å². The lowest BCUT2D eigenvalue weighted by Crippen LogP contribution is -2.49. The molecule has 2 aromatic heterocycles. The smallest absolute Gasteiger partial charge is 0.191 e. The summed E-state index contributed by atoms with van der Waals surface area (Å²) in [5.74, 6) is 1.70. The number of halogens is 1. The number of pyridine rings is 1. The molecule has 0 spiro atoms. The van der Waals surface area contributed by atoms with Crippen molar-refractivity contribution >= 4 is 35.6 Å². The summed E-state index contributed by atoms with van der Waals surface area (Å²) < 4.78 is 1.99. The Bertz CT molecular complexity index is 689. The average Bonchev–Trinajstić information content (AvgIpc) is 3.02. The summed E-state index contributed by atoms with van der Waals surface area (Å²) in [6.45, 7) is 7.40. The zero-order valence-corrected chi connectivity index (χ0v) is 17.5. The number of likely N-dealkylation sites (tertiary alicyclic amines) is 1. The molecule has 0 aliphatic carbocycles. The Morgan fingerprint density at radius 3 is 2.72 bits per heavy atom. The summed E-state index contributed by atoms with van der Waals surface area (Å²) in [6, 6.07) is 7.00. The first-order chi connectivity index (χ1) is 11.7. The molecule has 1 saturated heterocycles. The summed E-state index contributed by atoms with van der Waals surface area (Å²) >= 11 is 0. The van der Waals surface area contributed by atoms with Crippen LogP contribution in [0.2, 0.25) is 0 Å². The molecule has 138 valence electrons. The van der Waals surface area contributed by atoms with Crippen molar-refractivity contribution in [3.05, 3.63) is 30.2 Å². The molecule has 3 heterocycles. The van der Waals surface area contributed by atoms with E-state index in [1.165, 1.54) is 0 Å². The van der Waals surface area contributed by atoms with Crippen LogP contribution in [0, 0.1) is 0 Å². The zero-order chi connectivity index (χ0) is 16.9. The van der Waals surface area contributed by atoms with Gasteiger partial charge in [0.2, 0.25) is 0 Å². The highest BCUT2D eigenvalue weighted by molar-refractivity contribution is 14.0. The van der Waals surface area contributed by atoms with E-state index in [-0.39, 0.29) is 24.0 Å². The van der Waals surface area contributed by atoms with Crippen molar-refractivity contribution in [2.24, 2.45) is 4.99 Å². The lowest BCUT2D eigenvalue weighted by atomic mass is 10.0. The van der Waals surface area contributed by atoms with Crippen LogP contribution in [0.5, 0.6) is 0 Å². The molecule has 1 aliphatic heterocycles.